The van der Waals surface area contributed by atoms with Crippen LogP contribution in [0.1, 0.15) is 44.2 Å². The molecule has 1 saturated carbocycles. The van der Waals surface area contributed by atoms with Crippen LogP contribution in [0.15, 0.2) is 18.2 Å². The molecule has 0 amide bonds. The molecule has 1 aromatic carbocycles. The summed E-state index contributed by atoms with van der Waals surface area (Å²) in [5.74, 6) is 1.93. The predicted molar refractivity (Wildman–Crippen MR) is 73.8 cm³/mol. The number of rotatable bonds is 2. The first kappa shape index (κ1) is 13.4. The monoisotopic (exact) mass is 248 g/mol. The van der Waals surface area contributed by atoms with E-state index in [4.69, 9.17) is 4.74 Å². The van der Waals surface area contributed by atoms with Crippen molar-refractivity contribution in [2.75, 3.05) is 7.11 Å². The summed E-state index contributed by atoms with van der Waals surface area (Å²) in [7, 11) is 1.67. The Hall–Kier alpha value is -1.02. The van der Waals surface area contributed by atoms with Gasteiger partial charge in [-0.25, -0.2) is 0 Å². The fraction of sp³-hybridized carbons (Fsp3) is 0.625. The number of ether oxygens (including phenoxy) is 1. The van der Waals surface area contributed by atoms with E-state index in [1.54, 1.807) is 7.11 Å². The van der Waals surface area contributed by atoms with Crippen molar-refractivity contribution in [3.8, 4) is 5.75 Å². The first-order valence-corrected chi connectivity index (χ1v) is 6.82. The second kappa shape index (κ2) is 4.93. The maximum absolute atomic E-state index is 11.0. The van der Waals surface area contributed by atoms with Gasteiger partial charge in [-0.1, -0.05) is 25.5 Å². The fourth-order valence-electron chi connectivity index (χ4n) is 3.50. The van der Waals surface area contributed by atoms with Crippen molar-refractivity contribution >= 4 is 0 Å². The first-order valence-electron chi connectivity index (χ1n) is 6.82. The van der Waals surface area contributed by atoms with Crippen molar-refractivity contribution < 1.29 is 9.84 Å². The third-order valence-corrected chi connectivity index (χ3v) is 4.03. The lowest BCUT2D eigenvalue weighted by atomic mass is 9.70. The molecule has 2 heteroatoms. The van der Waals surface area contributed by atoms with E-state index in [9.17, 15) is 5.11 Å². The van der Waals surface area contributed by atoms with E-state index in [1.807, 2.05) is 12.1 Å². The molecular formula is C16H24O2. The van der Waals surface area contributed by atoms with Crippen LogP contribution in [-0.4, -0.2) is 12.2 Å². The Morgan fingerprint density at radius 3 is 2.39 bits per heavy atom. The summed E-state index contributed by atoms with van der Waals surface area (Å²) in [5, 5.41) is 11.0. The molecule has 0 radical (unpaired) electrons. The predicted octanol–water partition coefficient (Wildman–Crippen LogP) is 3.65. The highest BCUT2D eigenvalue weighted by Crippen LogP contribution is 2.45. The quantitative estimate of drug-likeness (QED) is 0.865. The van der Waals surface area contributed by atoms with Gasteiger partial charge in [0.25, 0.3) is 0 Å². The van der Waals surface area contributed by atoms with Crippen LogP contribution in [0, 0.1) is 18.8 Å². The molecule has 1 aromatic rings. The molecule has 100 valence electrons. The largest absolute Gasteiger partial charge is 0.496 e. The molecule has 1 fully saturated rings. The maximum atomic E-state index is 11.0. The molecule has 0 spiro atoms. The molecule has 0 bridgehead atoms. The van der Waals surface area contributed by atoms with Crippen LogP contribution in [0.5, 0.6) is 5.75 Å². The number of aliphatic hydroxyl groups is 1. The van der Waals surface area contributed by atoms with Crippen LogP contribution in [0.4, 0.5) is 0 Å². The van der Waals surface area contributed by atoms with E-state index >= 15 is 0 Å². The third kappa shape index (κ3) is 2.54. The minimum absolute atomic E-state index is 0.559. The maximum Gasteiger partial charge on any atom is 0.124 e. The van der Waals surface area contributed by atoms with Gasteiger partial charge in [0.15, 0.2) is 0 Å². The first-order chi connectivity index (χ1) is 8.44. The van der Waals surface area contributed by atoms with Gasteiger partial charge in [-0.05, 0) is 50.2 Å². The van der Waals surface area contributed by atoms with Gasteiger partial charge in [-0.2, -0.15) is 0 Å². The van der Waals surface area contributed by atoms with Gasteiger partial charge in [0.1, 0.15) is 5.75 Å². The number of aryl methyl sites for hydroxylation is 1. The summed E-state index contributed by atoms with van der Waals surface area (Å²) < 4.78 is 5.43. The molecule has 18 heavy (non-hydrogen) atoms. The highest BCUT2D eigenvalue weighted by molar-refractivity contribution is 5.41. The van der Waals surface area contributed by atoms with Gasteiger partial charge in [-0.15, -0.1) is 0 Å². The van der Waals surface area contributed by atoms with Crippen molar-refractivity contribution in [1.29, 1.82) is 0 Å². The lowest BCUT2D eigenvalue weighted by molar-refractivity contribution is -0.0378. The molecule has 0 aromatic heterocycles. The van der Waals surface area contributed by atoms with E-state index in [0.29, 0.717) is 11.8 Å². The molecule has 1 aliphatic rings. The zero-order valence-electron chi connectivity index (χ0n) is 11.9. The Labute approximate surface area is 110 Å². The lowest BCUT2D eigenvalue weighted by Gasteiger charge is -2.40. The standard InChI is InChI=1S/C16H24O2/c1-11-5-6-15(18-4)14(8-11)16(17)9-12(2)7-13(3)10-16/h5-6,8,12-13,17H,7,9-10H2,1-4H3. The fourth-order valence-corrected chi connectivity index (χ4v) is 3.50. The van der Waals surface area contributed by atoms with Crippen molar-refractivity contribution in [3.63, 3.8) is 0 Å². The van der Waals surface area contributed by atoms with E-state index in [-0.39, 0.29) is 0 Å². The normalized spacial score (nSPS) is 32.3. The molecule has 2 nitrogen and oxygen atoms in total. The zero-order chi connectivity index (χ0) is 13.3. The summed E-state index contributed by atoms with van der Waals surface area (Å²) in [4.78, 5) is 0. The summed E-state index contributed by atoms with van der Waals surface area (Å²) in [6.07, 6.45) is 2.87. The van der Waals surface area contributed by atoms with Crippen LogP contribution in [0.25, 0.3) is 0 Å². The van der Waals surface area contributed by atoms with Crippen LogP contribution in [-0.2, 0) is 5.60 Å². The van der Waals surface area contributed by atoms with Crippen molar-refractivity contribution in [2.24, 2.45) is 11.8 Å². The SMILES string of the molecule is COc1ccc(C)cc1C1(O)CC(C)CC(C)C1. The number of methoxy groups -OCH3 is 1. The van der Waals surface area contributed by atoms with E-state index in [2.05, 4.69) is 26.8 Å². The van der Waals surface area contributed by atoms with Crippen LogP contribution >= 0.6 is 0 Å². The third-order valence-electron chi connectivity index (χ3n) is 4.03. The average Bonchev–Trinajstić information content (AvgIpc) is 2.27. The minimum Gasteiger partial charge on any atom is -0.496 e. The molecule has 0 saturated heterocycles. The smallest absolute Gasteiger partial charge is 0.124 e. The Morgan fingerprint density at radius 1 is 1.22 bits per heavy atom. The summed E-state index contributed by atoms with van der Waals surface area (Å²) in [6, 6.07) is 6.07. The molecule has 1 N–H and O–H groups in total. The van der Waals surface area contributed by atoms with Crippen LogP contribution in [0.2, 0.25) is 0 Å². The second-order valence-corrected chi connectivity index (χ2v) is 6.09. The van der Waals surface area contributed by atoms with Gasteiger partial charge in [0, 0.05) is 5.56 Å². The number of benzene rings is 1. The van der Waals surface area contributed by atoms with Gasteiger partial charge < -0.3 is 9.84 Å². The highest BCUT2D eigenvalue weighted by Gasteiger charge is 2.39. The highest BCUT2D eigenvalue weighted by atomic mass is 16.5. The van der Waals surface area contributed by atoms with Crippen LogP contribution in [0.3, 0.4) is 0 Å². The average molecular weight is 248 g/mol. The summed E-state index contributed by atoms with van der Waals surface area (Å²) in [6.45, 7) is 6.51. The molecule has 0 heterocycles. The van der Waals surface area contributed by atoms with Crippen molar-refractivity contribution in [3.05, 3.63) is 29.3 Å². The Bertz CT molecular complexity index is 415. The summed E-state index contributed by atoms with van der Waals surface area (Å²) >= 11 is 0. The van der Waals surface area contributed by atoms with Crippen LogP contribution < -0.4 is 4.74 Å². The van der Waals surface area contributed by atoms with Gasteiger partial charge in [0.05, 0.1) is 12.7 Å². The molecule has 2 rings (SSSR count). The summed E-state index contributed by atoms with van der Waals surface area (Å²) in [5.41, 5.74) is 1.41. The second-order valence-electron chi connectivity index (χ2n) is 6.09. The Morgan fingerprint density at radius 2 is 1.83 bits per heavy atom. The Balaban J connectivity index is 2.42. The number of hydrogen-bond donors (Lipinski definition) is 1. The zero-order valence-corrected chi connectivity index (χ0v) is 11.9. The van der Waals surface area contributed by atoms with E-state index in [0.717, 1.165) is 24.2 Å². The topological polar surface area (TPSA) is 29.5 Å². The molecule has 2 unspecified atom stereocenters. The van der Waals surface area contributed by atoms with Crippen molar-refractivity contribution in [2.45, 2.75) is 45.6 Å². The molecule has 2 atom stereocenters. The lowest BCUT2D eigenvalue weighted by Crippen LogP contribution is -2.35. The molecule has 1 aliphatic carbocycles. The van der Waals surface area contributed by atoms with E-state index in [1.165, 1.54) is 12.0 Å². The van der Waals surface area contributed by atoms with Gasteiger partial charge in [0.2, 0.25) is 0 Å². The molecule has 0 aliphatic heterocycles. The van der Waals surface area contributed by atoms with Gasteiger partial charge in [-0.3, -0.25) is 0 Å². The van der Waals surface area contributed by atoms with E-state index < -0.39 is 5.60 Å². The van der Waals surface area contributed by atoms with Gasteiger partial charge >= 0.3 is 0 Å². The van der Waals surface area contributed by atoms with Crippen molar-refractivity contribution in [1.82, 2.24) is 0 Å². The number of hydrogen-bond acceptors (Lipinski definition) is 2. The minimum atomic E-state index is -0.728. The molecular weight excluding hydrogens is 224 g/mol. The Kier molecular flexibility index (Phi) is 3.67.